The van der Waals surface area contributed by atoms with Crippen molar-refractivity contribution in [3.63, 3.8) is 0 Å². The van der Waals surface area contributed by atoms with E-state index in [0.717, 1.165) is 12.1 Å². The number of carbonyl (C=O) groups excluding carboxylic acids is 1. The topological polar surface area (TPSA) is 41.1 Å². The minimum Gasteiger partial charge on any atom is -0.349 e. The van der Waals surface area contributed by atoms with Crippen molar-refractivity contribution < 1.29 is 9.18 Å². The summed E-state index contributed by atoms with van der Waals surface area (Å²) in [5.41, 5.74) is 1.59. The normalized spacial score (nSPS) is 21.5. The van der Waals surface area contributed by atoms with Gasteiger partial charge in [-0.05, 0) is 30.7 Å². The molecule has 1 saturated heterocycles. The van der Waals surface area contributed by atoms with E-state index in [1.165, 1.54) is 6.07 Å². The average molecular weight is 347 g/mol. The Hall–Kier alpha value is -1.91. The van der Waals surface area contributed by atoms with Crippen LogP contribution in [-0.4, -0.2) is 19.0 Å². The van der Waals surface area contributed by atoms with Gasteiger partial charge in [-0.25, -0.2) is 4.39 Å². The third kappa shape index (κ3) is 3.60. The maximum atomic E-state index is 13.9. The molecule has 0 radical (unpaired) electrons. The van der Waals surface area contributed by atoms with Crippen LogP contribution >= 0.6 is 11.6 Å². The van der Waals surface area contributed by atoms with E-state index in [2.05, 4.69) is 10.6 Å². The summed E-state index contributed by atoms with van der Waals surface area (Å²) in [5, 5.41) is 6.90. The molecule has 3 rings (SSSR count). The highest BCUT2D eigenvalue weighted by Crippen LogP contribution is 2.30. The SMILES string of the molecule is CC(NC(=O)C1CNCC1c1ccc(Cl)cc1)c1ccccc1F. The van der Waals surface area contributed by atoms with Crippen LogP contribution in [-0.2, 0) is 4.79 Å². The van der Waals surface area contributed by atoms with Crippen LogP contribution in [0.15, 0.2) is 48.5 Å². The fourth-order valence-electron chi connectivity index (χ4n) is 3.24. The Morgan fingerprint density at radius 1 is 1.21 bits per heavy atom. The average Bonchev–Trinajstić information content (AvgIpc) is 3.05. The molecular weight excluding hydrogens is 327 g/mol. The lowest BCUT2D eigenvalue weighted by Gasteiger charge is -2.22. The Bertz CT molecular complexity index is 720. The summed E-state index contributed by atoms with van der Waals surface area (Å²) in [6.07, 6.45) is 0. The summed E-state index contributed by atoms with van der Waals surface area (Å²) in [5.74, 6) is -0.449. The molecule has 3 unspecified atom stereocenters. The van der Waals surface area contributed by atoms with Crippen molar-refractivity contribution in [2.24, 2.45) is 5.92 Å². The van der Waals surface area contributed by atoms with Crippen molar-refractivity contribution >= 4 is 17.5 Å². The molecule has 0 aliphatic carbocycles. The first-order valence-corrected chi connectivity index (χ1v) is 8.45. The van der Waals surface area contributed by atoms with E-state index in [9.17, 15) is 9.18 Å². The minimum atomic E-state index is -0.370. The second-order valence-electron chi connectivity index (χ2n) is 6.17. The minimum absolute atomic E-state index is 0.0595. The molecule has 1 fully saturated rings. The zero-order valence-electron chi connectivity index (χ0n) is 13.4. The fourth-order valence-corrected chi connectivity index (χ4v) is 3.36. The summed E-state index contributed by atoms with van der Waals surface area (Å²) in [7, 11) is 0. The first-order valence-electron chi connectivity index (χ1n) is 8.07. The third-order valence-corrected chi connectivity index (χ3v) is 4.83. The molecule has 2 N–H and O–H groups in total. The van der Waals surface area contributed by atoms with Gasteiger partial charge in [0.1, 0.15) is 5.82 Å². The maximum Gasteiger partial charge on any atom is 0.225 e. The zero-order chi connectivity index (χ0) is 17.1. The first kappa shape index (κ1) is 16.9. The number of hydrogen-bond donors (Lipinski definition) is 2. The Labute approximate surface area is 146 Å². The molecule has 3 nitrogen and oxygen atoms in total. The molecule has 1 amide bonds. The van der Waals surface area contributed by atoms with Gasteiger partial charge in [0.15, 0.2) is 0 Å². The van der Waals surface area contributed by atoms with Crippen LogP contribution in [0.5, 0.6) is 0 Å². The lowest BCUT2D eigenvalue weighted by atomic mass is 9.88. The number of halogens is 2. The predicted octanol–water partition coefficient (Wildman–Crippen LogP) is 3.66. The summed E-state index contributed by atoms with van der Waals surface area (Å²) < 4.78 is 13.9. The van der Waals surface area contributed by atoms with Crippen LogP contribution in [0.25, 0.3) is 0 Å². The van der Waals surface area contributed by atoms with Gasteiger partial charge in [-0.2, -0.15) is 0 Å². The number of nitrogens with one attached hydrogen (secondary N) is 2. The maximum absolute atomic E-state index is 13.9. The van der Waals surface area contributed by atoms with Crippen LogP contribution in [0, 0.1) is 11.7 Å². The number of benzene rings is 2. The van der Waals surface area contributed by atoms with E-state index in [-0.39, 0.29) is 29.6 Å². The summed E-state index contributed by atoms with van der Waals surface area (Å²) in [4.78, 5) is 12.7. The molecule has 0 spiro atoms. The largest absolute Gasteiger partial charge is 0.349 e. The van der Waals surface area contributed by atoms with Crippen molar-refractivity contribution in [2.45, 2.75) is 18.9 Å². The highest BCUT2D eigenvalue weighted by molar-refractivity contribution is 6.30. The van der Waals surface area contributed by atoms with E-state index in [1.54, 1.807) is 25.1 Å². The van der Waals surface area contributed by atoms with Crippen LogP contribution in [0.2, 0.25) is 5.02 Å². The summed E-state index contributed by atoms with van der Waals surface area (Å²) in [6.45, 7) is 3.16. The van der Waals surface area contributed by atoms with E-state index < -0.39 is 0 Å². The fraction of sp³-hybridized carbons (Fsp3) is 0.316. The van der Waals surface area contributed by atoms with Gasteiger partial charge >= 0.3 is 0 Å². The standard InChI is InChI=1S/C19H20ClFN2O/c1-12(15-4-2-3-5-18(15)21)23-19(24)17-11-22-10-16(17)13-6-8-14(20)9-7-13/h2-9,12,16-17,22H,10-11H2,1H3,(H,23,24). The second-order valence-corrected chi connectivity index (χ2v) is 6.61. The number of rotatable bonds is 4. The molecular formula is C19H20ClFN2O. The Balaban J connectivity index is 1.72. The molecule has 1 heterocycles. The Morgan fingerprint density at radius 2 is 1.92 bits per heavy atom. The van der Waals surface area contributed by atoms with Gasteiger partial charge in [0.2, 0.25) is 5.91 Å². The third-order valence-electron chi connectivity index (χ3n) is 4.58. The molecule has 24 heavy (non-hydrogen) atoms. The van der Waals surface area contributed by atoms with Gasteiger partial charge in [-0.3, -0.25) is 4.79 Å². The molecule has 126 valence electrons. The van der Waals surface area contributed by atoms with Gasteiger partial charge in [0.05, 0.1) is 12.0 Å². The molecule has 0 bridgehead atoms. The molecule has 0 saturated carbocycles. The molecule has 2 aromatic carbocycles. The van der Waals surface area contributed by atoms with Gasteiger partial charge < -0.3 is 10.6 Å². The number of amides is 1. The lowest BCUT2D eigenvalue weighted by molar-refractivity contribution is -0.125. The zero-order valence-corrected chi connectivity index (χ0v) is 14.2. The van der Waals surface area contributed by atoms with E-state index >= 15 is 0 Å². The van der Waals surface area contributed by atoms with Crippen molar-refractivity contribution in [3.8, 4) is 0 Å². The van der Waals surface area contributed by atoms with Crippen LogP contribution in [0.1, 0.15) is 30.0 Å². The molecule has 5 heteroatoms. The number of carbonyl (C=O) groups is 1. The van der Waals surface area contributed by atoms with Gasteiger partial charge in [0.25, 0.3) is 0 Å². The highest BCUT2D eigenvalue weighted by atomic mass is 35.5. The molecule has 1 aliphatic rings. The molecule has 0 aromatic heterocycles. The van der Waals surface area contributed by atoms with Gasteiger partial charge in [-0.1, -0.05) is 41.9 Å². The van der Waals surface area contributed by atoms with Crippen LogP contribution < -0.4 is 10.6 Å². The smallest absolute Gasteiger partial charge is 0.225 e. The molecule has 3 atom stereocenters. The van der Waals surface area contributed by atoms with Crippen LogP contribution in [0.3, 0.4) is 0 Å². The van der Waals surface area contributed by atoms with Gasteiger partial charge in [0, 0.05) is 29.6 Å². The predicted molar refractivity (Wildman–Crippen MR) is 93.5 cm³/mol. The monoisotopic (exact) mass is 346 g/mol. The van der Waals surface area contributed by atoms with Crippen molar-refractivity contribution in [1.82, 2.24) is 10.6 Å². The van der Waals surface area contributed by atoms with E-state index in [4.69, 9.17) is 11.6 Å². The second kappa shape index (κ2) is 7.32. The first-order chi connectivity index (χ1) is 11.6. The summed E-state index contributed by atoms with van der Waals surface area (Å²) >= 11 is 5.94. The highest BCUT2D eigenvalue weighted by Gasteiger charge is 2.34. The van der Waals surface area contributed by atoms with Crippen molar-refractivity contribution in [2.75, 3.05) is 13.1 Å². The Morgan fingerprint density at radius 3 is 2.62 bits per heavy atom. The lowest BCUT2D eigenvalue weighted by Crippen LogP contribution is -2.36. The Kier molecular flexibility index (Phi) is 5.17. The van der Waals surface area contributed by atoms with Crippen molar-refractivity contribution in [3.05, 3.63) is 70.5 Å². The molecule has 2 aromatic rings. The van der Waals surface area contributed by atoms with E-state index in [0.29, 0.717) is 17.1 Å². The summed E-state index contributed by atoms with van der Waals surface area (Å²) in [6, 6.07) is 13.7. The van der Waals surface area contributed by atoms with E-state index in [1.807, 2.05) is 24.3 Å². The quantitative estimate of drug-likeness (QED) is 0.887. The van der Waals surface area contributed by atoms with Gasteiger partial charge in [-0.15, -0.1) is 0 Å². The van der Waals surface area contributed by atoms with Crippen molar-refractivity contribution in [1.29, 1.82) is 0 Å². The molecule has 1 aliphatic heterocycles. The van der Waals surface area contributed by atoms with Crippen LogP contribution in [0.4, 0.5) is 4.39 Å². The number of hydrogen-bond acceptors (Lipinski definition) is 2.